The molecule has 8 heteroatoms. The molecular formula is C16H13FN2O5. The molecule has 0 fully saturated rings. The fourth-order valence-electron chi connectivity index (χ4n) is 2.16. The summed E-state index contributed by atoms with van der Waals surface area (Å²) in [5.74, 6) is -3.89. The van der Waals surface area contributed by atoms with E-state index in [0.29, 0.717) is 5.56 Å². The summed E-state index contributed by atoms with van der Waals surface area (Å²) in [5.41, 5.74) is -0.291. The van der Waals surface area contributed by atoms with Crippen LogP contribution in [0.1, 0.15) is 17.9 Å². The van der Waals surface area contributed by atoms with E-state index in [-0.39, 0.29) is 12.1 Å². The third-order valence-corrected chi connectivity index (χ3v) is 3.32. The zero-order chi connectivity index (χ0) is 17.7. The molecule has 2 N–H and O–H groups in total. The predicted octanol–water partition coefficient (Wildman–Crippen LogP) is 2.93. The molecule has 24 heavy (non-hydrogen) atoms. The second kappa shape index (κ2) is 7.32. The van der Waals surface area contributed by atoms with Crippen molar-refractivity contribution >= 4 is 23.3 Å². The number of carbonyl (C=O) groups is 2. The number of aliphatic carboxylic acids is 1. The van der Waals surface area contributed by atoms with Crippen LogP contribution in [-0.2, 0) is 9.59 Å². The Balaban J connectivity index is 2.13. The number of nitrogens with one attached hydrogen (secondary N) is 1. The van der Waals surface area contributed by atoms with Crippen molar-refractivity contribution in [1.82, 2.24) is 0 Å². The first-order valence-corrected chi connectivity index (χ1v) is 6.90. The Bertz CT molecular complexity index is 779. The first-order valence-electron chi connectivity index (χ1n) is 6.90. The number of hydrogen-bond acceptors (Lipinski definition) is 4. The standard InChI is InChI=1S/C16H13FN2O5/c17-13-7-6-11(8-14(13)19(23)24)18-15(20)9-12(16(21)22)10-4-2-1-3-5-10/h1-8,12H,9H2,(H,18,20)(H,21,22)/t12-/m1/s1. The van der Waals surface area contributed by atoms with Crippen LogP contribution in [-0.4, -0.2) is 21.9 Å². The summed E-state index contributed by atoms with van der Waals surface area (Å²) in [6.45, 7) is 0. The predicted molar refractivity (Wildman–Crippen MR) is 83.1 cm³/mol. The molecule has 1 atom stereocenters. The van der Waals surface area contributed by atoms with E-state index >= 15 is 0 Å². The van der Waals surface area contributed by atoms with Gasteiger partial charge in [-0.15, -0.1) is 0 Å². The number of hydrogen-bond donors (Lipinski definition) is 2. The van der Waals surface area contributed by atoms with Gasteiger partial charge in [0.1, 0.15) is 0 Å². The quantitative estimate of drug-likeness (QED) is 0.624. The van der Waals surface area contributed by atoms with Crippen molar-refractivity contribution in [2.24, 2.45) is 0 Å². The number of nitro benzene ring substituents is 1. The van der Waals surface area contributed by atoms with E-state index in [2.05, 4.69) is 5.32 Å². The number of amides is 1. The Hall–Kier alpha value is -3.29. The Morgan fingerprint density at radius 2 is 1.88 bits per heavy atom. The molecule has 0 radical (unpaired) electrons. The molecule has 0 spiro atoms. The second-order valence-electron chi connectivity index (χ2n) is 4.98. The highest BCUT2D eigenvalue weighted by atomic mass is 19.1. The second-order valence-corrected chi connectivity index (χ2v) is 4.98. The maximum absolute atomic E-state index is 13.3. The lowest BCUT2D eigenvalue weighted by molar-refractivity contribution is -0.387. The normalized spacial score (nSPS) is 11.5. The molecule has 1 amide bonds. The van der Waals surface area contributed by atoms with E-state index in [1.54, 1.807) is 30.3 Å². The molecule has 0 heterocycles. The lowest BCUT2D eigenvalue weighted by Gasteiger charge is -2.13. The van der Waals surface area contributed by atoms with Crippen LogP contribution >= 0.6 is 0 Å². The number of halogens is 1. The van der Waals surface area contributed by atoms with Crippen molar-refractivity contribution in [3.8, 4) is 0 Å². The zero-order valence-corrected chi connectivity index (χ0v) is 12.3. The van der Waals surface area contributed by atoms with E-state index in [9.17, 15) is 29.2 Å². The minimum atomic E-state index is -1.17. The summed E-state index contributed by atoms with van der Waals surface area (Å²) < 4.78 is 13.3. The van der Waals surface area contributed by atoms with E-state index in [4.69, 9.17) is 0 Å². The summed E-state index contributed by atoms with van der Waals surface area (Å²) in [7, 11) is 0. The van der Waals surface area contributed by atoms with E-state index in [1.807, 2.05) is 0 Å². The van der Waals surface area contributed by atoms with Crippen molar-refractivity contribution in [3.63, 3.8) is 0 Å². The molecule has 0 aliphatic rings. The van der Waals surface area contributed by atoms with Crippen molar-refractivity contribution in [1.29, 1.82) is 0 Å². The van der Waals surface area contributed by atoms with Crippen LogP contribution in [0.15, 0.2) is 48.5 Å². The van der Waals surface area contributed by atoms with Gasteiger partial charge in [0.05, 0.1) is 10.8 Å². The third-order valence-electron chi connectivity index (χ3n) is 3.32. The average Bonchev–Trinajstić information content (AvgIpc) is 2.54. The molecule has 0 unspecified atom stereocenters. The lowest BCUT2D eigenvalue weighted by Crippen LogP contribution is -2.21. The van der Waals surface area contributed by atoms with Gasteiger partial charge < -0.3 is 10.4 Å². The third kappa shape index (κ3) is 4.13. The van der Waals surface area contributed by atoms with Gasteiger partial charge in [0.15, 0.2) is 0 Å². The number of anilines is 1. The fraction of sp³-hybridized carbons (Fsp3) is 0.125. The van der Waals surface area contributed by atoms with E-state index in [1.165, 1.54) is 6.07 Å². The molecular weight excluding hydrogens is 319 g/mol. The van der Waals surface area contributed by atoms with Gasteiger partial charge in [-0.1, -0.05) is 30.3 Å². The molecule has 124 valence electrons. The topological polar surface area (TPSA) is 110 Å². The molecule has 0 saturated heterocycles. The zero-order valence-electron chi connectivity index (χ0n) is 12.3. The summed E-state index contributed by atoms with van der Waals surface area (Å²) >= 11 is 0. The molecule has 0 saturated carbocycles. The van der Waals surface area contributed by atoms with Gasteiger partial charge in [0, 0.05) is 18.2 Å². The Morgan fingerprint density at radius 3 is 2.46 bits per heavy atom. The number of carbonyl (C=O) groups excluding carboxylic acids is 1. The van der Waals surface area contributed by atoms with Gasteiger partial charge in [-0.25, -0.2) is 0 Å². The van der Waals surface area contributed by atoms with Crippen LogP contribution in [0.4, 0.5) is 15.8 Å². The Labute approximate surface area is 135 Å². The van der Waals surface area contributed by atoms with Gasteiger partial charge >= 0.3 is 11.7 Å². The van der Waals surface area contributed by atoms with E-state index < -0.39 is 34.2 Å². The minimum absolute atomic E-state index is 0.0188. The molecule has 0 aliphatic heterocycles. The molecule has 0 bridgehead atoms. The number of carboxylic acids is 1. The Morgan fingerprint density at radius 1 is 1.21 bits per heavy atom. The molecule has 2 aromatic rings. The van der Waals surface area contributed by atoms with Crippen LogP contribution < -0.4 is 5.32 Å². The Kier molecular flexibility index (Phi) is 5.20. The molecule has 0 aromatic heterocycles. The summed E-state index contributed by atoms with van der Waals surface area (Å²) in [4.78, 5) is 33.2. The molecule has 0 aliphatic carbocycles. The highest BCUT2D eigenvalue weighted by Crippen LogP contribution is 2.24. The first kappa shape index (κ1) is 17.1. The molecule has 7 nitrogen and oxygen atoms in total. The summed E-state index contributed by atoms with van der Waals surface area (Å²) in [5, 5.41) is 22.3. The average molecular weight is 332 g/mol. The highest BCUT2D eigenvalue weighted by molar-refractivity contribution is 5.94. The van der Waals surface area contributed by atoms with Gasteiger partial charge in [-0.05, 0) is 17.7 Å². The number of benzene rings is 2. The van der Waals surface area contributed by atoms with Gasteiger partial charge in [-0.3, -0.25) is 19.7 Å². The van der Waals surface area contributed by atoms with Crippen LogP contribution in [0, 0.1) is 15.9 Å². The largest absolute Gasteiger partial charge is 0.481 e. The van der Waals surface area contributed by atoms with Crippen LogP contribution in [0.2, 0.25) is 0 Å². The number of nitrogens with zero attached hydrogens (tertiary/aromatic N) is 1. The maximum atomic E-state index is 13.3. The minimum Gasteiger partial charge on any atom is -0.481 e. The van der Waals surface area contributed by atoms with Crippen LogP contribution in [0.25, 0.3) is 0 Å². The first-order chi connectivity index (χ1) is 11.4. The highest BCUT2D eigenvalue weighted by Gasteiger charge is 2.23. The maximum Gasteiger partial charge on any atom is 0.311 e. The number of rotatable bonds is 6. The van der Waals surface area contributed by atoms with Crippen molar-refractivity contribution in [2.75, 3.05) is 5.32 Å². The van der Waals surface area contributed by atoms with Gasteiger partial charge in [0.25, 0.3) is 0 Å². The molecule has 2 aromatic carbocycles. The fourth-order valence-corrected chi connectivity index (χ4v) is 2.16. The SMILES string of the molecule is O=C(C[C@@H](C(=O)O)c1ccccc1)Nc1ccc(F)c([N+](=O)[O-])c1. The lowest BCUT2D eigenvalue weighted by atomic mass is 9.95. The number of nitro groups is 1. The van der Waals surface area contributed by atoms with Gasteiger partial charge in [-0.2, -0.15) is 4.39 Å². The van der Waals surface area contributed by atoms with Crippen molar-refractivity contribution in [3.05, 3.63) is 70.0 Å². The van der Waals surface area contributed by atoms with Crippen LogP contribution in [0.3, 0.4) is 0 Å². The van der Waals surface area contributed by atoms with E-state index in [0.717, 1.165) is 12.1 Å². The van der Waals surface area contributed by atoms with Crippen molar-refractivity contribution in [2.45, 2.75) is 12.3 Å². The summed E-state index contributed by atoms with van der Waals surface area (Å²) in [6, 6.07) is 11.1. The monoisotopic (exact) mass is 332 g/mol. The number of carboxylic acid groups (broad SMARTS) is 1. The summed E-state index contributed by atoms with van der Waals surface area (Å²) in [6.07, 6.45) is -0.357. The van der Waals surface area contributed by atoms with Gasteiger partial charge in [0.2, 0.25) is 11.7 Å². The smallest absolute Gasteiger partial charge is 0.311 e. The van der Waals surface area contributed by atoms with Crippen LogP contribution in [0.5, 0.6) is 0 Å². The molecule has 2 rings (SSSR count). The van der Waals surface area contributed by atoms with Crippen molar-refractivity contribution < 1.29 is 24.0 Å².